The Labute approximate surface area is 345 Å². The van der Waals surface area contributed by atoms with E-state index in [9.17, 15) is 0 Å². The molecule has 0 atom stereocenters. The molecule has 2 aliphatic rings. The molecule has 2 aliphatic heterocycles. The van der Waals surface area contributed by atoms with E-state index in [1.807, 2.05) is 12.3 Å². The van der Waals surface area contributed by atoms with E-state index >= 15 is 0 Å². The third-order valence-corrected chi connectivity index (χ3v) is 5.80. The summed E-state index contributed by atoms with van der Waals surface area (Å²) in [5.74, 6) is 1.14. The van der Waals surface area contributed by atoms with Gasteiger partial charge in [-0.05, 0) is 24.6 Å². The molecule has 0 saturated carbocycles. The third-order valence-electron chi connectivity index (χ3n) is 5.80. The normalized spacial score (nSPS) is 21.0. The van der Waals surface area contributed by atoms with Crippen LogP contribution in [0.3, 0.4) is 0 Å². The number of ether oxygens (including phenoxy) is 8. The molecule has 17 nitrogen and oxygen atoms in total. The fraction of sp³-hybridized carbons (Fsp3) is 0.758. The summed E-state index contributed by atoms with van der Waals surface area (Å²) in [7, 11) is 0. The minimum atomic E-state index is 0. The van der Waals surface area contributed by atoms with E-state index in [0.717, 1.165) is 18.9 Å². The second-order valence-electron chi connectivity index (χ2n) is 10.1. The Morgan fingerprint density at radius 2 is 0.827 bits per heavy atom. The molecule has 0 amide bonds. The van der Waals surface area contributed by atoms with E-state index < -0.39 is 0 Å². The van der Waals surface area contributed by atoms with Crippen molar-refractivity contribution in [1.82, 2.24) is 4.98 Å². The van der Waals surface area contributed by atoms with Crippen molar-refractivity contribution in [2.24, 2.45) is 17.8 Å². The molecule has 3 rings (SSSR count). The molecule has 3 heterocycles. The zero-order valence-corrected chi connectivity index (χ0v) is 35.3. The van der Waals surface area contributed by atoms with Gasteiger partial charge in [-0.2, -0.15) is 6.92 Å². The molecule has 0 bridgehead atoms. The largest absolute Gasteiger partial charge is 6.00 e. The van der Waals surface area contributed by atoms with Crippen LogP contribution in [0.1, 0.15) is 45.4 Å². The molecule has 0 spiro atoms. The van der Waals surface area contributed by atoms with Gasteiger partial charge in [0.1, 0.15) is 0 Å². The second-order valence-corrected chi connectivity index (χ2v) is 10.1. The van der Waals surface area contributed by atoms with E-state index in [-0.39, 0.29) is 115 Å². The van der Waals surface area contributed by atoms with Crippen LogP contribution in [-0.2, 0) is 76.9 Å². The Balaban J connectivity index is -0.0000000492. The van der Waals surface area contributed by atoms with Gasteiger partial charge in [-0.15, -0.1) is 5.92 Å². The number of rotatable bonds is 1. The van der Waals surface area contributed by atoms with Crippen LogP contribution in [0.2, 0.25) is 0 Å². The Morgan fingerprint density at radius 1 is 0.558 bits per heavy atom. The Morgan fingerprint density at radius 3 is 1.12 bits per heavy atom. The topological polar surface area (TPSA) is 355 Å². The monoisotopic (exact) mass is 932 g/mol. The van der Waals surface area contributed by atoms with Gasteiger partial charge in [0.15, 0.2) is 0 Å². The summed E-state index contributed by atoms with van der Waals surface area (Å²) in [6, 6.07) is 4.09. The van der Waals surface area contributed by atoms with Crippen molar-refractivity contribution in [3.8, 4) is 0 Å². The van der Waals surface area contributed by atoms with Crippen LogP contribution in [0.15, 0.2) is 18.3 Å². The minimum absolute atomic E-state index is 0. The molecular weight excluding hydrogens is 853 g/mol. The molecule has 2 fully saturated rings. The summed E-state index contributed by atoms with van der Waals surface area (Å²) in [6.07, 6.45) is 1.84. The Kier molecular flexibility index (Phi) is 97.4. The molecule has 52 heavy (non-hydrogen) atoms. The Bertz CT molecular complexity index is 685. The van der Waals surface area contributed by atoms with Crippen molar-refractivity contribution >= 4 is 0 Å². The average molecular weight is 931 g/mol. The maximum Gasteiger partial charge on any atom is 6.00 e. The van der Waals surface area contributed by atoms with Crippen LogP contribution < -0.4 is 0 Å². The van der Waals surface area contributed by atoms with Gasteiger partial charge in [0.2, 0.25) is 0 Å². The number of hydrogen-bond acceptors (Lipinski definition) is 9. The van der Waals surface area contributed by atoms with Crippen molar-refractivity contribution in [1.29, 1.82) is 0 Å². The van der Waals surface area contributed by atoms with Gasteiger partial charge in [-0.25, -0.2) is 0 Å². The van der Waals surface area contributed by atoms with Gasteiger partial charge in [0, 0.05) is 42.9 Å². The fourth-order valence-electron chi connectivity index (χ4n) is 3.71. The standard InChI is InChI=1S/C17H27NO4.C12H23O4.C2H5.CH4.CH3.8H2N.2Ru/c1-14-3-4-18-17(9-14)16-12-21-7-5-19-10-15(2)11-20-6-8-22-13-16;1-11-7-13-3-5-15-9-12(2)10-16-6-4-14-8-11;1-2;;;;;;;;;;;;/h3-4,9,15-16H,5-8,10-13H2,1-2H3;11-12H,1,3-10H2,2H3;1H2,2H3;1H4;1H3;8*1H2;;/q;2*-1;;9*-1;+5;+6. The number of nitrogens with two attached hydrogens (primary N) is 8. The summed E-state index contributed by atoms with van der Waals surface area (Å²) in [6.45, 7) is 25.5. The molecule has 0 aromatic carbocycles. The van der Waals surface area contributed by atoms with E-state index in [2.05, 4.69) is 45.7 Å². The van der Waals surface area contributed by atoms with Gasteiger partial charge in [0.05, 0.1) is 92.5 Å². The first-order valence-corrected chi connectivity index (χ1v) is 14.6. The van der Waals surface area contributed by atoms with Gasteiger partial charge in [0.25, 0.3) is 0 Å². The fourth-order valence-corrected chi connectivity index (χ4v) is 3.71. The van der Waals surface area contributed by atoms with Crippen LogP contribution in [0.5, 0.6) is 0 Å². The van der Waals surface area contributed by atoms with Crippen molar-refractivity contribution in [3.05, 3.63) is 100 Å². The molecule has 1 aromatic rings. The number of pyridine rings is 1. The predicted octanol–water partition coefficient (Wildman–Crippen LogP) is 11.0. The second kappa shape index (κ2) is 60.0. The molecule has 16 N–H and O–H groups in total. The maximum atomic E-state index is 5.74. The molecule has 0 aliphatic carbocycles. The Hall–Kier alpha value is -0.243. The SMILES string of the molecule is C.Cc1ccnc(C2COCCOCC(C)COCCOC2)c1.[CH2-]C.[CH2-]C1COCCOCC(C)COCCOC1.[CH3-].[NH2-].[NH2-].[NH2-].[NH2-].[NH2-].[NH2-].[NH2-].[NH2-].[Ru+5].[Ru+6]. The first-order valence-electron chi connectivity index (χ1n) is 14.6. The van der Waals surface area contributed by atoms with Gasteiger partial charge >= 0.3 is 39.0 Å². The summed E-state index contributed by atoms with van der Waals surface area (Å²) < 4.78 is 44.5. The zero-order chi connectivity index (χ0) is 29.3. The average Bonchev–Trinajstić information content (AvgIpc) is 2.95. The molecule has 19 heteroatoms. The maximum absolute atomic E-state index is 5.74. The first kappa shape index (κ1) is 84.4. The predicted molar refractivity (Wildman–Crippen MR) is 212 cm³/mol. The molecule has 2 saturated heterocycles. The third kappa shape index (κ3) is 47.8. The smallest absolute Gasteiger partial charge is 0.693 e. The number of aromatic nitrogens is 1. The van der Waals surface area contributed by atoms with Crippen LogP contribution in [-0.4, -0.2) is 111 Å². The number of hydrogen-bond donors (Lipinski definition) is 0. The first-order chi connectivity index (χ1) is 19.5. The number of nitrogens with zero attached hydrogens (tertiary/aromatic N) is 1. The minimum Gasteiger partial charge on any atom is -0.693 e. The molecule has 1 aromatic heterocycles. The summed E-state index contributed by atoms with van der Waals surface area (Å²) in [5, 5.41) is 0. The zero-order valence-electron chi connectivity index (χ0n) is 31.8. The quantitative estimate of drug-likeness (QED) is 0.190. The molecule has 319 valence electrons. The van der Waals surface area contributed by atoms with Crippen molar-refractivity contribution < 1.29 is 76.9 Å². The number of aryl methyl sites for hydroxylation is 1. The van der Waals surface area contributed by atoms with Gasteiger partial charge < -0.3 is 108 Å². The molecule has 0 unspecified atom stereocenters. The van der Waals surface area contributed by atoms with Crippen molar-refractivity contribution in [2.45, 2.75) is 41.0 Å². The summed E-state index contributed by atoms with van der Waals surface area (Å²) in [4.78, 5) is 4.45. The van der Waals surface area contributed by atoms with E-state index in [1.54, 1.807) is 6.92 Å². The van der Waals surface area contributed by atoms with Crippen molar-refractivity contribution in [2.75, 3.05) is 106 Å². The van der Waals surface area contributed by atoms with E-state index in [0.29, 0.717) is 104 Å². The summed E-state index contributed by atoms with van der Waals surface area (Å²) in [5.41, 5.74) is 2.22. The van der Waals surface area contributed by atoms with Crippen LogP contribution >= 0.6 is 0 Å². The van der Waals surface area contributed by atoms with Gasteiger partial charge in [-0.1, -0.05) is 21.3 Å². The van der Waals surface area contributed by atoms with Gasteiger partial charge in [-0.3, -0.25) is 4.98 Å². The van der Waals surface area contributed by atoms with E-state index in [1.165, 1.54) is 5.56 Å². The van der Waals surface area contributed by atoms with Crippen molar-refractivity contribution in [3.63, 3.8) is 0 Å². The molecule has 1 radical (unpaired) electrons. The van der Waals surface area contributed by atoms with Crippen LogP contribution in [0.4, 0.5) is 0 Å². The molecular formula is C33H78N9O8Ru2. The van der Waals surface area contributed by atoms with Crippen LogP contribution in [0, 0.1) is 46.0 Å². The summed E-state index contributed by atoms with van der Waals surface area (Å²) >= 11 is 0. The van der Waals surface area contributed by atoms with Crippen LogP contribution in [0.25, 0.3) is 49.2 Å². The van der Waals surface area contributed by atoms with E-state index in [4.69, 9.17) is 37.9 Å².